The summed E-state index contributed by atoms with van der Waals surface area (Å²) in [4.78, 5) is 79.3. The van der Waals surface area contributed by atoms with E-state index in [-0.39, 0.29) is 30.5 Å². The van der Waals surface area contributed by atoms with Crippen molar-refractivity contribution in [3.05, 3.63) is 60.8 Å². The molecule has 1 aliphatic heterocycles. The summed E-state index contributed by atoms with van der Waals surface area (Å²) in [6, 6.07) is 5.61. The summed E-state index contributed by atoms with van der Waals surface area (Å²) in [5, 5.41) is 9.12. The van der Waals surface area contributed by atoms with Crippen LogP contribution in [0.15, 0.2) is 55.1 Å². The number of nitrogens with zero attached hydrogens (tertiary/aromatic N) is 4. The quantitative estimate of drug-likeness (QED) is 0.239. The van der Waals surface area contributed by atoms with E-state index in [2.05, 4.69) is 30.9 Å². The molecule has 4 rings (SSSR count). The maximum Gasteiger partial charge on any atom is 0.272 e. The molecule has 1 fully saturated rings. The molecule has 5 atom stereocenters. The van der Waals surface area contributed by atoms with Crippen LogP contribution in [0.4, 0.5) is 0 Å². The number of ether oxygens (including phenoxy) is 1. The summed E-state index contributed by atoms with van der Waals surface area (Å²) < 4.78 is 6.33. The number of para-hydroxylation sites is 1. The number of aldehydes is 1. The maximum absolute atomic E-state index is 14.2. The average Bonchev–Trinajstić information content (AvgIpc) is 3.48. The molecule has 3 aromatic rings. The van der Waals surface area contributed by atoms with Crippen LogP contribution in [-0.2, 0) is 19.2 Å². The van der Waals surface area contributed by atoms with E-state index in [1.54, 1.807) is 46.9 Å². The van der Waals surface area contributed by atoms with Crippen LogP contribution in [0.25, 0.3) is 10.9 Å². The molecule has 1 saturated heterocycles. The Morgan fingerprint density at radius 1 is 0.957 bits per heavy atom. The van der Waals surface area contributed by atoms with Crippen molar-refractivity contribution < 1.29 is 28.7 Å². The van der Waals surface area contributed by atoms with Crippen LogP contribution in [0.2, 0.25) is 0 Å². The predicted molar refractivity (Wildman–Crippen MR) is 169 cm³/mol. The van der Waals surface area contributed by atoms with Gasteiger partial charge in [0.05, 0.1) is 18.8 Å². The Morgan fingerprint density at radius 3 is 2.35 bits per heavy atom. The highest BCUT2D eigenvalue weighted by Gasteiger charge is 2.44. The van der Waals surface area contributed by atoms with Gasteiger partial charge in [-0.25, -0.2) is 4.98 Å². The van der Waals surface area contributed by atoms with Gasteiger partial charge in [-0.1, -0.05) is 52.8 Å². The van der Waals surface area contributed by atoms with Crippen LogP contribution in [-0.4, -0.2) is 86.6 Å². The zero-order valence-electron chi connectivity index (χ0n) is 26.7. The van der Waals surface area contributed by atoms with E-state index in [1.165, 1.54) is 23.5 Å². The second-order valence-corrected chi connectivity index (χ2v) is 12.0. The molecule has 0 spiro atoms. The zero-order valence-corrected chi connectivity index (χ0v) is 26.7. The maximum atomic E-state index is 14.2. The fourth-order valence-corrected chi connectivity index (χ4v) is 5.34. The van der Waals surface area contributed by atoms with Gasteiger partial charge in [-0.05, 0) is 30.4 Å². The number of fused-ring (bicyclic) bond motifs is 1. The Balaban J connectivity index is 1.57. The molecule has 1 aliphatic rings. The molecule has 0 radical (unpaired) electrons. The lowest BCUT2D eigenvalue weighted by Gasteiger charge is -2.32. The van der Waals surface area contributed by atoms with Crippen molar-refractivity contribution in [1.29, 1.82) is 0 Å². The second-order valence-electron chi connectivity index (χ2n) is 12.0. The number of benzene rings is 1. The molecule has 3 heterocycles. The molecule has 4 amide bonds. The minimum Gasteiger partial charge on any atom is -0.486 e. The first-order chi connectivity index (χ1) is 22.0. The van der Waals surface area contributed by atoms with Crippen molar-refractivity contribution in [2.24, 2.45) is 11.8 Å². The van der Waals surface area contributed by atoms with E-state index in [4.69, 9.17) is 4.74 Å². The van der Waals surface area contributed by atoms with Crippen LogP contribution in [0.5, 0.6) is 5.75 Å². The Bertz CT molecular complexity index is 1540. The average molecular weight is 632 g/mol. The number of amides is 4. The fraction of sp³-hybridized carbons (Fsp3) is 0.455. The van der Waals surface area contributed by atoms with E-state index in [0.29, 0.717) is 24.0 Å². The molecule has 1 aromatic carbocycles. The Labute approximate surface area is 267 Å². The molecule has 13 nitrogen and oxygen atoms in total. The van der Waals surface area contributed by atoms with E-state index in [1.807, 2.05) is 24.3 Å². The molecular weight excluding hydrogens is 590 g/mol. The number of carbonyl (C=O) groups is 5. The molecule has 0 bridgehead atoms. The highest BCUT2D eigenvalue weighted by Crippen LogP contribution is 2.29. The van der Waals surface area contributed by atoms with Crippen LogP contribution in [0.3, 0.4) is 0 Å². The first-order valence-electron chi connectivity index (χ1n) is 15.5. The Morgan fingerprint density at radius 2 is 1.70 bits per heavy atom. The third-order valence-corrected chi connectivity index (χ3v) is 7.93. The minimum atomic E-state index is -1.02. The molecular formula is C33H41N7O6. The summed E-state index contributed by atoms with van der Waals surface area (Å²) >= 11 is 0. The van der Waals surface area contributed by atoms with Crippen LogP contribution >= 0.6 is 0 Å². The molecule has 13 heteroatoms. The van der Waals surface area contributed by atoms with Crippen molar-refractivity contribution in [3.63, 3.8) is 0 Å². The predicted octanol–water partition coefficient (Wildman–Crippen LogP) is 2.06. The lowest BCUT2D eigenvalue weighted by Crippen LogP contribution is -2.59. The van der Waals surface area contributed by atoms with Gasteiger partial charge in [0.1, 0.15) is 47.5 Å². The monoisotopic (exact) mass is 631 g/mol. The van der Waals surface area contributed by atoms with Gasteiger partial charge in [-0.3, -0.25) is 29.1 Å². The van der Waals surface area contributed by atoms with E-state index >= 15 is 0 Å². The van der Waals surface area contributed by atoms with Gasteiger partial charge in [0.2, 0.25) is 17.7 Å². The minimum absolute atomic E-state index is 0.0523. The fourth-order valence-electron chi connectivity index (χ4n) is 5.34. The Hall–Kier alpha value is -4.94. The third-order valence-electron chi connectivity index (χ3n) is 7.93. The highest BCUT2D eigenvalue weighted by atomic mass is 16.5. The summed E-state index contributed by atoms with van der Waals surface area (Å²) in [7, 11) is 0. The van der Waals surface area contributed by atoms with E-state index < -0.39 is 53.9 Å². The van der Waals surface area contributed by atoms with Gasteiger partial charge >= 0.3 is 0 Å². The number of rotatable bonds is 13. The number of carbonyl (C=O) groups excluding carboxylic acids is 5. The molecule has 46 heavy (non-hydrogen) atoms. The highest BCUT2D eigenvalue weighted by molar-refractivity contribution is 5.98. The van der Waals surface area contributed by atoms with Gasteiger partial charge in [-0.15, -0.1) is 0 Å². The normalized spacial score (nSPS) is 18.1. The summed E-state index contributed by atoms with van der Waals surface area (Å²) in [5.74, 6) is -2.27. The number of hydrogen-bond acceptors (Lipinski definition) is 9. The van der Waals surface area contributed by atoms with Crippen molar-refractivity contribution in [2.45, 2.75) is 77.7 Å². The van der Waals surface area contributed by atoms with Crippen LogP contribution in [0.1, 0.15) is 57.9 Å². The number of likely N-dealkylation sites (tertiary alicyclic amines) is 1. The summed E-state index contributed by atoms with van der Waals surface area (Å²) in [5.41, 5.74) is 0.704. The van der Waals surface area contributed by atoms with Crippen molar-refractivity contribution in [1.82, 2.24) is 35.8 Å². The van der Waals surface area contributed by atoms with Gasteiger partial charge in [0, 0.05) is 30.4 Å². The smallest absolute Gasteiger partial charge is 0.272 e. The van der Waals surface area contributed by atoms with Crippen molar-refractivity contribution in [3.8, 4) is 5.75 Å². The molecule has 0 unspecified atom stereocenters. The van der Waals surface area contributed by atoms with E-state index in [0.717, 1.165) is 5.39 Å². The zero-order chi connectivity index (χ0) is 33.4. The number of nitrogens with one attached hydrogen (secondary N) is 3. The molecule has 0 aliphatic carbocycles. The summed E-state index contributed by atoms with van der Waals surface area (Å²) in [6.07, 6.45) is 6.41. The van der Waals surface area contributed by atoms with Crippen LogP contribution < -0.4 is 20.7 Å². The van der Waals surface area contributed by atoms with Gasteiger partial charge in [0.15, 0.2) is 0 Å². The molecule has 244 valence electrons. The van der Waals surface area contributed by atoms with Crippen molar-refractivity contribution >= 4 is 40.8 Å². The topological polar surface area (TPSA) is 173 Å². The summed E-state index contributed by atoms with van der Waals surface area (Å²) in [6.45, 7) is 8.95. The van der Waals surface area contributed by atoms with Crippen molar-refractivity contribution in [2.75, 3.05) is 6.54 Å². The first-order valence-corrected chi connectivity index (χ1v) is 15.5. The SMILES string of the molecule is CC[C@@H](C=O)NC(=O)[C@@H]1C[C@@H](Oc2cccc3cccnc23)CN1C(=O)[C@H](NC(=O)[C@H](NC(=O)c1cnccn1)C(C)C)C(C)C. The largest absolute Gasteiger partial charge is 0.486 e. The number of pyridine rings is 1. The lowest BCUT2D eigenvalue weighted by atomic mass is 9.98. The molecule has 3 N–H and O–H groups in total. The lowest BCUT2D eigenvalue weighted by molar-refractivity contribution is -0.143. The Kier molecular flexibility index (Phi) is 11.3. The van der Waals surface area contributed by atoms with Gasteiger partial charge in [-0.2, -0.15) is 0 Å². The standard InChI is InChI=1S/C33H41N7O6/c1-6-22(18-41)37-31(43)25-15-23(46-26-11-7-9-21-10-8-12-36-29(21)26)17-40(25)33(45)28(20(4)5)39-32(44)27(19(2)3)38-30(42)24-16-34-13-14-35-24/h7-14,16,18-20,22-23,25,27-28H,6,15,17H2,1-5H3,(H,37,43)(H,38,42)(H,39,44)/t22-,23+,25-,27+,28+/m0/s1. The number of hydrogen-bond donors (Lipinski definition) is 3. The second kappa shape index (κ2) is 15.4. The van der Waals surface area contributed by atoms with E-state index in [9.17, 15) is 24.0 Å². The third kappa shape index (κ3) is 8.01. The van der Waals surface area contributed by atoms with Gasteiger partial charge in [0.25, 0.3) is 5.91 Å². The van der Waals surface area contributed by atoms with Crippen LogP contribution in [0, 0.1) is 11.8 Å². The first kappa shape index (κ1) is 33.9. The number of aromatic nitrogens is 3. The molecule has 2 aromatic heterocycles. The molecule has 0 saturated carbocycles. The van der Waals surface area contributed by atoms with Gasteiger partial charge < -0.3 is 30.4 Å².